The second-order valence-electron chi connectivity index (χ2n) is 7.24. The summed E-state index contributed by atoms with van der Waals surface area (Å²) in [5.74, 6) is 1.52. The lowest BCUT2D eigenvalue weighted by Gasteiger charge is -2.19. The van der Waals surface area contributed by atoms with Crippen LogP contribution < -0.4 is 0 Å². The summed E-state index contributed by atoms with van der Waals surface area (Å²) in [6.45, 7) is 0. The maximum absolute atomic E-state index is 12.1. The first-order chi connectivity index (χ1) is 15.3. The summed E-state index contributed by atoms with van der Waals surface area (Å²) < 4.78 is 6.24. The summed E-state index contributed by atoms with van der Waals surface area (Å²) in [6, 6.07) is 23.9. The zero-order valence-electron chi connectivity index (χ0n) is 16.7. The third-order valence-corrected chi connectivity index (χ3v) is 5.15. The quantitative estimate of drug-likeness (QED) is 0.520. The van der Waals surface area contributed by atoms with Crippen LogP contribution in [0.2, 0.25) is 0 Å². The van der Waals surface area contributed by atoms with Crippen LogP contribution in [0.5, 0.6) is 0 Å². The predicted octanol–water partition coefficient (Wildman–Crippen LogP) is 6.26. The van der Waals surface area contributed by atoms with E-state index >= 15 is 0 Å². The van der Waals surface area contributed by atoms with Gasteiger partial charge in [0.2, 0.25) is 5.78 Å². The lowest BCUT2D eigenvalue weighted by Crippen LogP contribution is -2.07. The van der Waals surface area contributed by atoms with Crippen LogP contribution >= 0.6 is 0 Å². The molecule has 5 rings (SSSR count). The van der Waals surface area contributed by atoms with Crippen LogP contribution in [-0.4, -0.2) is 10.8 Å². The van der Waals surface area contributed by atoms with Crippen LogP contribution in [0.3, 0.4) is 0 Å². The van der Waals surface area contributed by atoms with Crippen molar-refractivity contribution >= 4 is 22.9 Å². The molecule has 0 spiro atoms. The van der Waals surface area contributed by atoms with Crippen LogP contribution in [0.1, 0.15) is 27.2 Å². The Morgan fingerprint density at radius 1 is 0.710 bits per heavy atom. The molecule has 0 amide bonds. The van der Waals surface area contributed by atoms with E-state index in [1.807, 2.05) is 103 Å². The summed E-state index contributed by atoms with van der Waals surface area (Å²) in [5, 5.41) is 0. The molecule has 1 aliphatic heterocycles. The van der Waals surface area contributed by atoms with Gasteiger partial charge >= 0.3 is 0 Å². The minimum absolute atomic E-state index is 0.0658. The molecule has 31 heavy (non-hydrogen) atoms. The molecule has 3 heteroatoms. The van der Waals surface area contributed by atoms with Gasteiger partial charge in [-0.05, 0) is 35.4 Å². The monoisotopic (exact) mass is 401 g/mol. The topological polar surface area (TPSA) is 39.2 Å². The summed E-state index contributed by atoms with van der Waals surface area (Å²) in [5.41, 5.74) is 5.32. The Bertz CT molecular complexity index is 1240. The Labute approximate surface area is 181 Å². The molecule has 1 aliphatic carbocycles. The van der Waals surface area contributed by atoms with Crippen LogP contribution in [-0.2, 0) is 4.74 Å². The van der Waals surface area contributed by atoms with Crippen molar-refractivity contribution in [2.24, 2.45) is 0 Å². The van der Waals surface area contributed by atoms with Crippen molar-refractivity contribution in [2.75, 3.05) is 0 Å². The molecule has 2 aliphatic rings. The fourth-order valence-electron chi connectivity index (χ4n) is 3.61. The molecule has 0 unspecified atom stereocenters. The maximum atomic E-state index is 12.1. The van der Waals surface area contributed by atoms with E-state index in [1.54, 1.807) is 12.3 Å². The highest BCUT2D eigenvalue weighted by atomic mass is 16.5. The van der Waals surface area contributed by atoms with Gasteiger partial charge in [-0.2, -0.15) is 0 Å². The number of ketones is 1. The summed E-state index contributed by atoms with van der Waals surface area (Å²) in [7, 11) is 0. The number of carbonyl (C=O) groups excluding carboxylic acids is 1. The van der Waals surface area contributed by atoms with Gasteiger partial charge in [-0.15, -0.1) is 0 Å². The van der Waals surface area contributed by atoms with Gasteiger partial charge < -0.3 is 4.74 Å². The fraction of sp³-hybridized carbons (Fsp3) is 0. The van der Waals surface area contributed by atoms with E-state index in [2.05, 4.69) is 4.98 Å². The summed E-state index contributed by atoms with van der Waals surface area (Å²) in [6.07, 6.45) is 13.2. The Hall–Kier alpha value is -4.24. The second kappa shape index (κ2) is 8.25. The summed E-state index contributed by atoms with van der Waals surface area (Å²) in [4.78, 5) is 16.4. The van der Waals surface area contributed by atoms with E-state index in [4.69, 9.17) is 4.74 Å². The minimum atomic E-state index is -0.0658. The molecular weight excluding hydrogens is 382 g/mol. The number of hydrogen-bond acceptors (Lipinski definition) is 3. The van der Waals surface area contributed by atoms with Crippen molar-refractivity contribution in [3.63, 3.8) is 0 Å². The molecule has 0 bridgehead atoms. The highest BCUT2D eigenvalue weighted by Gasteiger charge is 2.17. The highest BCUT2D eigenvalue weighted by molar-refractivity contribution is 6.11. The fourth-order valence-corrected chi connectivity index (χ4v) is 3.61. The standard InChI is InChI=1S/C28H19NO2/c30-25-16-15-21(24-12-7-17-29-28(24)25)14-13-20-18-26(22-8-3-1-4-9-22)31-27(19-20)23-10-5-2-6-11-23/h1-19H/b21-14+. The van der Waals surface area contributed by atoms with Gasteiger partial charge in [0.25, 0.3) is 0 Å². The largest absolute Gasteiger partial charge is 0.456 e. The molecule has 0 radical (unpaired) electrons. The van der Waals surface area contributed by atoms with E-state index in [1.165, 1.54) is 0 Å². The molecule has 0 saturated carbocycles. The third kappa shape index (κ3) is 3.94. The number of benzene rings is 2. The average molecular weight is 401 g/mol. The first-order valence-electron chi connectivity index (χ1n) is 10.1. The van der Waals surface area contributed by atoms with Crippen molar-refractivity contribution < 1.29 is 9.53 Å². The Balaban J connectivity index is 1.58. The van der Waals surface area contributed by atoms with E-state index in [0.29, 0.717) is 5.69 Å². The molecule has 0 fully saturated rings. The van der Waals surface area contributed by atoms with E-state index in [0.717, 1.165) is 39.4 Å². The van der Waals surface area contributed by atoms with Gasteiger partial charge in [0.05, 0.1) is 0 Å². The van der Waals surface area contributed by atoms with Crippen molar-refractivity contribution in [1.82, 2.24) is 4.98 Å². The van der Waals surface area contributed by atoms with Crippen molar-refractivity contribution in [2.45, 2.75) is 0 Å². The molecule has 3 aromatic rings. The molecule has 0 N–H and O–H groups in total. The lowest BCUT2D eigenvalue weighted by molar-refractivity contribution is 0.104. The number of nitrogens with zero attached hydrogens (tertiary/aromatic N) is 1. The van der Waals surface area contributed by atoms with Crippen LogP contribution in [0.15, 0.2) is 121 Å². The number of aromatic nitrogens is 1. The Kier molecular flexibility index (Phi) is 4.99. The Morgan fingerprint density at radius 2 is 1.35 bits per heavy atom. The molecule has 0 saturated heterocycles. The van der Waals surface area contributed by atoms with Gasteiger partial charge in [0, 0.05) is 22.9 Å². The van der Waals surface area contributed by atoms with Gasteiger partial charge in [0.15, 0.2) is 0 Å². The number of hydrogen-bond donors (Lipinski definition) is 0. The molecule has 3 nitrogen and oxygen atoms in total. The van der Waals surface area contributed by atoms with Crippen molar-refractivity contribution in [1.29, 1.82) is 0 Å². The predicted molar refractivity (Wildman–Crippen MR) is 124 cm³/mol. The third-order valence-electron chi connectivity index (χ3n) is 5.15. The summed E-state index contributed by atoms with van der Waals surface area (Å²) >= 11 is 0. The molecule has 0 atom stereocenters. The zero-order valence-corrected chi connectivity index (χ0v) is 16.7. The minimum Gasteiger partial charge on any atom is -0.456 e. The smallest absolute Gasteiger partial charge is 0.204 e. The van der Waals surface area contributed by atoms with Gasteiger partial charge in [-0.3, -0.25) is 9.78 Å². The van der Waals surface area contributed by atoms with Crippen molar-refractivity contribution in [3.05, 3.63) is 143 Å². The maximum Gasteiger partial charge on any atom is 0.204 e. The first-order valence-corrected chi connectivity index (χ1v) is 10.1. The van der Waals surface area contributed by atoms with Crippen LogP contribution in [0.25, 0.3) is 17.1 Å². The number of pyridine rings is 1. The van der Waals surface area contributed by atoms with Crippen molar-refractivity contribution in [3.8, 4) is 0 Å². The number of ether oxygens (including phenoxy) is 1. The highest BCUT2D eigenvalue weighted by Crippen LogP contribution is 2.32. The lowest BCUT2D eigenvalue weighted by atomic mass is 9.95. The number of fused-ring (bicyclic) bond motifs is 1. The number of carbonyl (C=O) groups is 1. The van der Waals surface area contributed by atoms with Crippen LogP contribution in [0, 0.1) is 0 Å². The normalized spacial score (nSPS) is 16.3. The van der Waals surface area contributed by atoms with E-state index < -0.39 is 0 Å². The first kappa shape index (κ1) is 18.8. The molecule has 1 aromatic heterocycles. The van der Waals surface area contributed by atoms with Crippen LogP contribution in [0.4, 0.5) is 0 Å². The molecule has 148 valence electrons. The SMILES string of the molecule is O=C1C=C/C(=C\C=C2C=C(c3ccccc3)OC(c3ccccc3)=C2)c2cccnc21. The van der Waals surface area contributed by atoms with Gasteiger partial charge in [0.1, 0.15) is 17.2 Å². The second-order valence-corrected chi connectivity index (χ2v) is 7.24. The zero-order chi connectivity index (χ0) is 21.0. The molecule has 2 heterocycles. The molecular formula is C28H19NO2. The van der Waals surface area contributed by atoms with Gasteiger partial charge in [-0.25, -0.2) is 0 Å². The van der Waals surface area contributed by atoms with E-state index in [-0.39, 0.29) is 5.78 Å². The number of allylic oxidation sites excluding steroid dienone is 8. The van der Waals surface area contributed by atoms with E-state index in [9.17, 15) is 4.79 Å². The van der Waals surface area contributed by atoms with Gasteiger partial charge in [-0.1, -0.05) is 85.0 Å². The number of rotatable bonds is 3. The molecule has 2 aromatic carbocycles. The average Bonchev–Trinajstić information content (AvgIpc) is 2.85. The Morgan fingerprint density at radius 3 is 2.00 bits per heavy atom.